The predicted molar refractivity (Wildman–Crippen MR) is 161 cm³/mol. The highest BCUT2D eigenvalue weighted by Gasteiger charge is 2.36. The van der Waals surface area contributed by atoms with Gasteiger partial charge in [-0.05, 0) is 62.3 Å². The number of amides is 2. The summed E-state index contributed by atoms with van der Waals surface area (Å²) < 4.78 is 35.8. The van der Waals surface area contributed by atoms with E-state index in [-0.39, 0.29) is 29.5 Å². The monoisotopic (exact) mass is 577 g/mol. The minimum absolute atomic E-state index is 0.0987. The normalized spacial score (nSPS) is 16.9. The SMILES string of the molecule is CCOC(=O)N1CCC(N(c2cccc(C(=O)N(C)C3CCCCC3)c2)S(=O)(=O)c2cccc3ccccc23)CC1. The molecule has 2 fully saturated rings. The van der Waals surface area contributed by atoms with Crippen molar-refractivity contribution in [3.8, 4) is 0 Å². The Kier molecular flexibility index (Phi) is 8.82. The number of likely N-dealkylation sites (tertiary alicyclic amines) is 1. The minimum atomic E-state index is -4.04. The largest absolute Gasteiger partial charge is 0.450 e. The number of sulfonamides is 1. The number of ether oxygens (including phenoxy) is 1. The van der Waals surface area contributed by atoms with Crippen molar-refractivity contribution in [3.63, 3.8) is 0 Å². The van der Waals surface area contributed by atoms with E-state index in [1.54, 1.807) is 48.2 Å². The summed E-state index contributed by atoms with van der Waals surface area (Å²) in [6.07, 6.45) is 5.92. The Bertz CT molecular complexity index is 1490. The Morgan fingerprint density at radius 3 is 2.29 bits per heavy atom. The third-order valence-electron chi connectivity index (χ3n) is 8.40. The maximum atomic E-state index is 14.6. The lowest BCUT2D eigenvalue weighted by Gasteiger charge is -2.39. The molecule has 2 aliphatic rings. The molecule has 1 saturated carbocycles. The summed E-state index contributed by atoms with van der Waals surface area (Å²) in [7, 11) is -2.19. The second-order valence-electron chi connectivity index (χ2n) is 11.0. The number of fused-ring (bicyclic) bond motifs is 1. The van der Waals surface area contributed by atoms with Crippen molar-refractivity contribution in [2.75, 3.05) is 31.0 Å². The van der Waals surface area contributed by atoms with E-state index in [0.29, 0.717) is 42.6 Å². The molecule has 8 nitrogen and oxygen atoms in total. The summed E-state index contributed by atoms with van der Waals surface area (Å²) in [6.45, 7) is 2.82. The van der Waals surface area contributed by atoms with Gasteiger partial charge in [-0.2, -0.15) is 0 Å². The van der Waals surface area contributed by atoms with Gasteiger partial charge in [0.05, 0.1) is 17.2 Å². The molecule has 0 atom stereocenters. The Hall–Kier alpha value is -3.59. The smallest absolute Gasteiger partial charge is 0.409 e. The van der Waals surface area contributed by atoms with Gasteiger partial charge in [-0.1, -0.05) is 61.7 Å². The van der Waals surface area contributed by atoms with Crippen molar-refractivity contribution in [1.82, 2.24) is 9.80 Å². The molecule has 9 heteroatoms. The van der Waals surface area contributed by atoms with Crippen LogP contribution in [-0.2, 0) is 14.8 Å². The van der Waals surface area contributed by atoms with E-state index in [1.165, 1.54) is 10.7 Å². The highest BCUT2D eigenvalue weighted by molar-refractivity contribution is 7.93. The number of carbonyl (C=O) groups is 2. The first kappa shape index (κ1) is 28.9. The number of carbonyl (C=O) groups excluding carboxylic acids is 2. The Morgan fingerprint density at radius 2 is 1.56 bits per heavy atom. The summed E-state index contributed by atoms with van der Waals surface area (Å²) in [5.74, 6) is -0.0987. The van der Waals surface area contributed by atoms with E-state index in [2.05, 4.69) is 0 Å². The van der Waals surface area contributed by atoms with Crippen LogP contribution in [0.1, 0.15) is 62.2 Å². The van der Waals surface area contributed by atoms with Gasteiger partial charge in [-0.25, -0.2) is 13.2 Å². The number of nitrogens with zero attached hydrogens (tertiary/aromatic N) is 3. The molecule has 1 aliphatic carbocycles. The number of hydrogen-bond acceptors (Lipinski definition) is 5. The van der Waals surface area contributed by atoms with Crippen molar-refractivity contribution in [1.29, 1.82) is 0 Å². The number of anilines is 1. The Morgan fingerprint density at radius 1 is 0.878 bits per heavy atom. The molecule has 0 radical (unpaired) electrons. The fourth-order valence-corrected chi connectivity index (χ4v) is 8.10. The zero-order chi connectivity index (χ0) is 29.0. The Labute approximate surface area is 242 Å². The van der Waals surface area contributed by atoms with Crippen molar-refractivity contribution in [2.24, 2.45) is 0 Å². The molecular formula is C32H39N3O5S. The average Bonchev–Trinajstić information content (AvgIpc) is 3.01. The molecule has 0 spiro atoms. The zero-order valence-electron chi connectivity index (χ0n) is 23.9. The molecule has 0 N–H and O–H groups in total. The molecule has 1 aliphatic heterocycles. The standard InChI is InChI=1S/C32H39N3O5S/c1-3-40-32(37)34-21-19-27(20-22-34)35(41(38,39)30-18-10-12-24-11-7-8-17-29(24)30)28-16-9-13-25(23-28)31(36)33(2)26-14-5-4-6-15-26/h7-13,16-18,23,26-27H,3-6,14-15,19-22H2,1-2H3. The number of benzene rings is 3. The molecule has 1 heterocycles. The van der Waals surface area contributed by atoms with E-state index in [0.717, 1.165) is 31.1 Å². The molecule has 0 unspecified atom stereocenters. The predicted octanol–water partition coefficient (Wildman–Crippen LogP) is 6.06. The van der Waals surface area contributed by atoms with Gasteiger partial charge in [-0.3, -0.25) is 9.10 Å². The fourth-order valence-electron chi connectivity index (χ4n) is 6.18. The number of piperidine rings is 1. The van der Waals surface area contributed by atoms with Gasteiger partial charge in [0.25, 0.3) is 15.9 Å². The van der Waals surface area contributed by atoms with Crippen LogP contribution in [0.4, 0.5) is 10.5 Å². The molecule has 2 amide bonds. The topological polar surface area (TPSA) is 87.2 Å². The lowest BCUT2D eigenvalue weighted by molar-refractivity contribution is 0.0696. The van der Waals surface area contributed by atoms with E-state index in [9.17, 15) is 18.0 Å². The van der Waals surface area contributed by atoms with Gasteiger partial charge in [-0.15, -0.1) is 0 Å². The third kappa shape index (κ3) is 6.05. The second-order valence-corrected chi connectivity index (χ2v) is 12.7. The highest BCUT2D eigenvalue weighted by Crippen LogP contribution is 2.34. The first-order chi connectivity index (χ1) is 19.8. The van der Waals surface area contributed by atoms with Crippen LogP contribution >= 0.6 is 0 Å². The van der Waals surface area contributed by atoms with Crippen LogP contribution in [-0.4, -0.2) is 69.0 Å². The van der Waals surface area contributed by atoms with Gasteiger partial charge in [0.1, 0.15) is 0 Å². The first-order valence-corrected chi connectivity index (χ1v) is 16.1. The van der Waals surface area contributed by atoms with Gasteiger partial charge in [0, 0.05) is 43.2 Å². The van der Waals surface area contributed by atoms with Crippen LogP contribution in [0.2, 0.25) is 0 Å². The van der Waals surface area contributed by atoms with E-state index in [1.807, 2.05) is 42.3 Å². The highest BCUT2D eigenvalue weighted by atomic mass is 32.2. The van der Waals surface area contributed by atoms with Crippen LogP contribution in [0.5, 0.6) is 0 Å². The summed E-state index contributed by atoms with van der Waals surface area (Å²) in [4.78, 5) is 29.6. The molecule has 3 aromatic carbocycles. The van der Waals surface area contributed by atoms with Crippen molar-refractivity contribution >= 4 is 38.5 Å². The Balaban J connectivity index is 1.52. The van der Waals surface area contributed by atoms with Gasteiger partial charge >= 0.3 is 6.09 Å². The molecule has 5 rings (SSSR count). The molecule has 41 heavy (non-hydrogen) atoms. The van der Waals surface area contributed by atoms with Gasteiger partial charge < -0.3 is 14.5 Å². The molecule has 1 saturated heterocycles. The lowest BCUT2D eigenvalue weighted by atomic mass is 9.94. The fraction of sp³-hybridized carbons (Fsp3) is 0.438. The lowest BCUT2D eigenvalue weighted by Crippen LogP contribution is -2.49. The molecule has 0 aromatic heterocycles. The molecular weight excluding hydrogens is 538 g/mol. The molecule has 0 bridgehead atoms. The summed E-state index contributed by atoms with van der Waals surface area (Å²) >= 11 is 0. The molecule has 3 aromatic rings. The summed E-state index contributed by atoms with van der Waals surface area (Å²) in [5, 5.41) is 1.48. The van der Waals surface area contributed by atoms with Gasteiger partial charge in [0.2, 0.25) is 0 Å². The number of rotatable bonds is 7. The van der Waals surface area contributed by atoms with Crippen LogP contribution in [0.25, 0.3) is 10.8 Å². The third-order valence-corrected chi connectivity index (χ3v) is 10.3. The van der Waals surface area contributed by atoms with Crippen molar-refractivity contribution < 1.29 is 22.7 Å². The van der Waals surface area contributed by atoms with Crippen molar-refractivity contribution in [2.45, 2.75) is 68.8 Å². The second kappa shape index (κ2) is 12.5. The van der Waals surface area contributed by atoms with Crippen molar-refractivity contribution in [3.05, 3.63) is 72.3 Å². The van der Waals surface area contributed by atoms with Crippen LogP contribution in [0.3, 0.4) is 0 Å². The van der Waals surface area contributed by atoms with E-state index >= 15 is 0 Å². The van der Waals surface area contributed by atoms with E-state index < -0.39 is 16.1 Å². The zero-order valence-corrected chi connectivity index (χ0v) is 24.7. The van der Waals surface area contributed by atoms with E-state index in [4.69, 9.17) is 4.74 Å². The average molecular weight is 578 g/mol. The summed E-state index contributed by atoms with van der Waals surface area (Å²) in [6, 6.07) is 19.5. The maximum absolute atomic E-state index is 14.6. The molecule has 218 valence electrons. The first-order valence-electron chi connectivity index (χ1n) is 14.6. The summed E-state index contributed by atoms with van der Waals surface area (Å²) in [5.41, 5.74) is 0.924. The minimum Gasteiger partial charge on any atom is -0.450 e. The van der Waals surface area contributed by atoms with Crippen LogP contribution in [0, 0.1) is 0 Å². The quantitative estimate of drug-likeness (QED) is 0.341. The van der Waals surface area contributed by atoms with Gasteiger partial charge in [0.15, 0.2) is 0 Å². The van der Waals surface area contributed by atoms with Crippen LogP contribution in [0.15, 0.2) is 71.6 Å². The van der Waals surface area contributed by atoms with Crippen LogP contribution < -0.4 is 4.31 Å². The number of hydrogen-bond donors (Lipinski definition) is 0. The maximum Gasteiger partial charge on any atom is 0.409 e.